The molecule has 18 heavy (non-hydrogen) atoms. The van der Waals surface area contributed by atoms with Crippen LogP contribution < -0.4 is 5.32 Å². The van der Waals surface area contributed by atoms with Crippen LogP contribution in [0.15, 0.2) is 0 Å². The van der Waals surface area contributed by atoms with Gasteiger partial charge in [0, 0.05) is 19.5 Å². The average molecular weight is 272 g/mol. The van der Waals surface area contributed by atoms with Crippen LogP contribution in [0.5, 0.6) is 0 Å². The molecule has 0 fully saturated rings. The summed E-state index contributed by atoms with van der Waals surface area (Å²) >= 11 is 6.41. The first kappa shape index (κ1) is 15.5. The van der Waals surface area contributed by atoms with Crippen molar-refractivity contribution in [3.05, 3.63) is 16.4 Å². The molecular weight excluding hydrogens is 246 g/mol. The first-order chi connectivity index (χ1) is 8.54. The molecule has 0 bridgehead atoms. The van der Waals surface area contributed by atoms with E-state index in [-0.39, 0.29) is 0 Å². The molecule has 0 aliphatic heterocycles. The van der Waals surface area contributed by atoms with Crippen LogP contribution in [0, 0.1) is 5.92 Å². The van der Waals surface area contributed by atoms with Gasteiger partial charge in [-0.1, -0.05) is 45.7 Å². The molecule has 1 heterocycles. The minimum atomic E-state index is 0.470. The molecule has 0 amide bonds. The summed E-state index contributed by atoms with van der Waals surface area (Å²) in [7, 11) is 1.99. The minimum Gasteiger partial charge on any atom is -0.314 e. The highest BCUT2D eigenvalue weighted by Gasteiger charge is 2.20. The number of likely N-dealkylation sites (N-methyl/N-ethyl adjacent to an activating group) is 1. The standard InChI is InChI=1S/C14H26ClN3/c1-6-10(4)12(16-8-3)9-13-14(15)11(7-2)17-18(13)5/h10,12,16H,6-9H2,1-5H3. The van der Waals surface area contributed by atoms with E-state index in [4.69, 9.17) is 11.6 Å². The molecule has 1 N–H and O–H groups in total. The van der Waals surface area contributed by atoms with E-state index in [1.54, 1.807) is 0 Å². The Kier molecular flexibility index (Phi) is 6.16. The number of aryl methyl sites for hydroxylation is 2. The van der Waals surface area contributed by atoms with Gasteiger partial charge in [0.25, 0.3) is 0 Å². The Morgan fingerprint density at radius 1 is 1.33 bits per heavy atom. The summed E-state index contributed by atoms with van der Waals surface area (Å²) in [5.41, 5.74) is 2.16. The van der Waals surface area contributed by atoms with E-state index >= 15 is 0 Å². The molecule has 0 aliphatic rings. The Morgan fingerprint density at radius 2 is 2.00 bits per heavy atom. The van der Waals surface area contributed by atoms with Crippen molar-refractivity contribution in [2.24, 2.45) is 13.0 Å². The first-order valence-corrected chi connectivity index (χ1v) is 7.36. The third-order valence-electron chi connectivity index (χ3n) is 3.71. The Balaban J connectivity index is 2.89. The average Bonchev–Trinajstić information content (AvgIpc) is 2.64. The van der Waals surface area contributed by atoms with Gasteiger partial charge in [0.2, 0.25) is 0 Å². The largest absolute Gasteiger partial charge is 0.314 e. The minimum absolute atomic E-state index is 0.470. The van der Waals surface area contributed by atoms with Gasteiger partial charge >= 0.3 is 0 Å². The Morgan fingerprint density at radius 3 is 2.44 bits per heavy atom. The maximum absolute atomic E-state index is 6.41. The smallest absolute Gasteiger partial charge is 0.0850 e. The molecule has 2 unspecified atom stereocenters. The second kappa shape index (κ2) is 7.15. The van der Waals surface area contributed by atoms with E-state index in [1.807, 2.05) is 11.7 Å². The second-order valence-electron chi connectivity index (χ2n) is 4.94. The van der Waals surface area contributed by atoms with E-state index in [1.165, 1.54) is 6.42 Å². The fraction of sp³-hybridized carbons (Fsp3) is 0.786. The zero-order valence-electron chi connectivity index (χ0n) is 12.3. The predicted molar refractivity (Wildman–Crippen MR) is 78.2 cm³/mol. The SMILES string of the molecule is CCNC(Cc1c(Cl)c(CC)nn1C)C(C)CC. The quantitative estimate of drug-likeness (QED) is 0.825. The van der Waals surface area contributed by atoms with E-state index in [2.05, 4.69) is 38.1 Å². The van der Waals surface area contributed by atoms with Crippen molar-refractivity contribution in [3.8, 4) is 0 Å². The summed E-state index contributed by atoms with van der Waals surface area (Å²) in [6, 6.07) is 0.470. The highest BCUT2D eigenvalue weighted by molar-refractivity contribution is 6.31. The third kappa shape index (κ3) is 3.48. The van der Waals surface area contributed by atoms with E-state index < -0.39 is 0 Å². The lowest BCUT2D eigenvalue weighted by molar-refractivity contribution is 0.365. The molecule has 1 aromatic rings. The zero-order chi connectivity index (χ0) is 13.7. The molecule has 0 aliphatic carbocycles. The lowest BCUT2D eigenvalue weighted by Gasteiger charge is -2.24. The lowest BCUT2D eigenvalue weighted by Crippen LogP contribution is -2.37. The molecule has 2 atom stereocenters. The molecule has 3 nitrogen and oxygen atoms in total. The van der Waals surface area contributed by atoms with Gasteiger partial charge in [-0.2, -0.15) is 5.10 Å². The van der Waals surface area contributed by atoms with Crippen LogP contribution in [-0.2, 0) is 19.9 Å². The van der Waals surface area contributed by atoms with Gasteiger partial charge in [-0.15, -0.1) is 0 Å². The maximum Gasteiger partial charge on any atom is 0.0850 e. The number of aromatic nitrogens is 2. The Bertz CT molecular complexity index is 373. The van der Waals surface area contributed by atoms with Crippen LogP contribution in [0.2, 0.25) is 5.02 Å². The molecule has 4 heteroatoms. The van der Waals surface area contributed by atoms with Crippen molar-refractivity contribution in [1.82, 2.24) is 15.1 Å². The fourth-order valence-electron chi connectivity index (χ4n) is 2.27. The third-order valence-corrected chi connectivity index (χ3v) is 4.15. The van der Waals surface area contributed by atoms with E-state index in [9.17, 15) is 0 Å². The molecular formula is C14H26ClN3. The monoisotopic (exact) mass is 271 g/mol. The zero-order valence-corrected chi connectivity index (χ0v) is 13.0. The molecule has 0 saturated carbocycles. The van der Waals surface area contributed by atoms with Crippen LogP contribution in [0.25, 0.3) is 0 Å². The van der Waals surface area contributed by atoms with Gasteiger partial charge in [-0.3, -0.25) is 4.68 Å². The summed E-state index contributed by atoms with van der Waals surface area (Å²) in [4.78, 5) is 0. The summed E-state index contributed by atoms with van der Waals surface area (Å²) in [6.45, 7) is 9.76. The van der Waals surface area contributed by atoms with Crippen molar-refractivity contribution in [3.63, 3.8) is 0 Å². The van der Waals surface area contributed by atoms with Crippen LogP contribution in [0.4, 0.5) is 0 Å². The van der Waals surface area contributed by atoms with E-state index in [0.29, 0.717) is 12.0 Å². The normalized spacial score (nSPS) is 14.8. The molecule has 0 radical (unpaired) electrons. The summed E-state index contributed by atoms with van der Waals surface area (Å²) < 4.78 is 1.94. The van der Waals surface area contributed by atoms with Gasteiger partial charge in [-0.25, -0.2) is 0 Å². The van der Waals surface area contributed by atoms with Gasteiger partial charge < -0.3 is 5.32 Å². The summed E-state index contributed by atoms with van der Waals surface area (Å²) in [6.07, 6.45) is 3.01. The van der Waals surface area contributed by atoms with Crippen LogP contribution in [-0.4, -0.2) is 22.4 Å². The molecule has 0 spiro atoms. The van der Waals surface area contributed by atoms with Crippen molar-refractivity contribution in [2.75, 3.05) is 6.54 Å². The number of hydrogen-bond donors (Lipinski definition) is 1. The van der Waals surface area contributed by atoms with Gasteiger partial charge in [0.05, 0.1) is 16.4 Å². The highest BCUT2D eigenvalue weighted by Crippen LogP contribution is 2.24. The van der Waals surface area contributed by atoms with Crippen LogP contribution in [0.3, 0.4) is 0 Å². The summed E-state index contributed by atoms with van der Waals surface area (Å²) in [5, 5.41) is 8.90. The van der Waals surface area contributed by atoms with Gasteiger partial charge in [-0.05, 0) is 18.9 Å². The number of rotatable bonds is 7. The topological polar surface area (TPSA) is 29.9 Å². The fourth-order valence-corrected chi connectivity index (χ4v) is 2.64. The number of hydrogen-bond acceptors (Lipinski definition) is 2. The molecule has 1 rings (SSSR count). The van der Waals surface area contributed by atoms with Gasteiger partial charge in [0.1, 0.15) is 0 Å². The molecule has 0 aromatic carbocycles. The van der Waals surface area contributed by atoms with Gasteiger partial charge in [0.15, 0.2) is 0 Å². The van der Waals surface area contributed by atoms with Crippen molar-refractivity contribution >= 4 is 11.6 Å². The maximum atomic E-state index is 6.41. The number of nitrogens with one attached hydrogen (secondary N) is 1. The Hall–Kier alpha value is -0.540. The highest BCUT2D eigenvalue weighted by atomic mass is 35.5. The predicted octanol–water partition coefficient (Wildman–Crippen LogP) is 3.20. The number of halogens is 1. The lowest BCUT2D eigenvalue weighted by atomic mass is 9.95. The van der Waals surface area contributed by atoms with E-state index in [0.717, 1.165) is 35.8 Å². The first-order valence-electron chi connectivity index (χ1n) is 6.98. The van der Waals surface area contributed by atoms with Crippen molar-refractivity contribution < 1.29 is 0 Å². The molecule has 104 valence electrons. The van der Waals surface area contributed by atoms with Crippen molar-refractivity contribution in [2.45, 2.75) is 53.0 Å². The summed E-state index contributed by atoms with van der Waals surface area (Å²) in [5.74, 6) is 0.640. The van der Waals surface area contributed by atoms with Crippen LogP contribution in [0.1, 0.15) is 45.5 Å². The van der Waals surface area contributed by atoms with Crippen LogP contribution >= 0.6 is 11.6 Å². The Labute approximate surface area is 116 Å². The van der Waals surface area contributed by atoms with Crippen molar-refractivity contribution in [1.29, 1.82) is 0 Å². The molecule has 0 saturated heterocycles. The second-order valence-corrected chi connectivity index (χ2v) is 5.32. The number of nitrogens with zero attached hydrogens (tertiary/aromatic N) is 2. The molecule has 1 aromatic heterocycles.